The van der Waals surface area contributed by atoms with Crippen molar-refractivity contribution in [2.75, 3.05) is 6.54 Å². The van der Waals surface area contributed by atoms with E-state index in [9.17, 15) is 19.7 Å². The highest BCUT2D eigenvalue weighted by molar-refractivity contribution is 5.87. The molecular formula is C21H22N2O5. The zero-order chi connectivity index (χ0) is 20.3. The first kappa shape index (κ1) is 19.5. The minimum absolute atomic E-state index is 0.0562. The lowest BCUT2D eigenvalue weighted by molar-refractivity contribution is -0.385. The Balaban J connectivity index is 1.64. The van der Waals surface area contributed by atoms with Crippen molar-refractivity contribution < 1.29 is 19.2 Å². The molecule has 28 heavy (non-hydrogen) atoms. The summed E-state index contributed by atoms with van der Waals surface area (Å²) in [7, 11) is 0. The number of hydrogen-bond donors (Lipinski definition) is 0. The lowest BCUT2D eigenvalue weighted by Gasteiger charge is -2.25. The fourth-order valence-corrected chi connectivity index (χ4v) is 3.41. The third-order valence-electron chi connectivity index (χ3n) is 5.08. The van der Waals surface area contributed by atoms with E-state index in [4.69, 9.17) is 4.74 Å². The summed E-state index contributed by atoms with van der Waals surface area (Å²) in [4.78, 5) is 37.1. The average molecular weight is 382 g/mol. The largest absolute Gasteiger partial charge is 0.458 e. The molecular weight excluding hydrogens is 360 g/mol. The molecule has 0 aromatic heterocycles. The van der Waals surface area contributed by atoms with Crippen LogP contribution in [0.1, 0.15) is 43.5 Å². The first-order chi connectivity index (χ1) is 13.4. The summed E-state index contributed by atoms with van der Waals surface area (Å²) >= 11 is 0. The van der Waals surface area contributed by atoms with E-state index in [2.05, 4.69) is 0 Å². The Kier molecular flexibility index (Phi) is 5.73. The molecule has 7 heteroatoms. The van der Waals surface area contributed by atoms with Crippen molar-refractivity contribution in [3.05, 3.63) is 75.8 Å². The fourth-order valence-electron chi connectivity index (χ4n) is 3.41. The van der Waals surface area contributed by atoms with Crippen LogP contribution in [0.15, 0.2) is 54.6 Å². The maximum Gasteiger partial charge on any atom is 0.311 e. The Hall–Kier alpha value is -3.22. The van der Waals surface area contributed by atoms with Crippen molar-refractivity contribution in [3.63, 3.8) is 0 Å². The standard InChI is InChI=1S/C21H22N2O5/c1-14(16-7-4-3-5-8-16)22-13-18(12-20(22)24)21(25)28-15(2)17-9-6-10-19(11-17)23(26)27/h3-11,14-15,18H,12-13H2,1-2H3/t14-,15+,18+/m1/s1. The van der Waals surface area contributed by atoms with Crippen LogP contribution in [-0.4, -0.2) is 28.2 Å². The molecule has 146 valence electrons. The molecule has 0 radical (unpaired) electrons. The van der Waals surface area contributed by atoms with Gasteiger partial charge in [0.1, 0.15) is 6.10 Å². The van der Waals surface area contributed by atoms with Gasteiger partial charge in [-0.1, -0.05) is 42.5 Å². The first-order valence-corrected chi connectivity index (χ1v) is 9.16. The summed E-state index contributed by atoms with van der Waals surface area (Å²) < 4.78 is 5.50. The van der Waals surface area contributed by atoms with E-state index < -0.39 is 22.9 Å². The number of carbonyl (C=O) groups excluding carboxylic acids is 2. The molecule has 7 nitrogen and oxygen atoms in total. The molecule has 0 spiro atoms. The first-order valence-electron chi connectivity index (χ1n) is 9.16. The Morgan fingerprint density at radius 2 is 1.82 bits per heavy atom. The number of nitrogens with zero attached hydrogens (tertiary/aromatic N) is 2. The van der Waals surface area contributed by atoms with Crippen LogP contribution in [0.3, 0.4) is 0 Å². The minimum Gasteiger partial charge on any atom is -0.458 e. The van der Waals surface area contributed by atoms with E-state index in [0.717, 1.165) is 5.56 Å². The number of rotatable bonds is 6. The maximum atomic E-state index is 12.6. The van der Waals surface area contributed by atoms with Crippen LogP contribution in [-0.2, 0) is 14.3 Å². The van der Waals surface area contributed by atoms with Crippen LogP contribution in [0.2, 0.25) is 0 Å². The number of non-ortho nitro benzene ring substituents is 1. The molecule has 0 unspecified atom stereocenters. The minimum atomic E-state index is -0.636. The lowest BCUT2D eigenvalue weighted by Crippen LogP contribution is -2.29. The molecule has 0 aliphatic carbocycles. The number of amides is 1. The zero-order valence-electron chi connectivity index (χ0n) is 15.8. The smallest absolute Gasteiger partial charge is 0.311 e. The second kappa shape index (κ2) is 8.21. The number of nitro groups is 1. The van der Waals surface area contributed by atoms with Crippen LogP contribution in [0.4, 0.5) is 5.69 Å². The van der Waals surface area contributed by atoms with Gasteiger partial charge in [0.05, 0.1) is 16.9 Å². The van der Waals surface area contributed by atoms with Gasteiger partial charge in [-0.2, -0.15) is 0 Å². The van der Waals surface area contributed by atoms with Gasteiger partial charge in [0.25, 0.3) is 5.69 Å². The molecule has 1 fully saturated rings. The van der Waals surface area contributed by atoms with Gasteiger partial charge in [-0.15, -0.1) is 0 Å². The quantitative estimate of drug-likeness (QED) is 0.430. The molecule has 0 bridgehead atoms. The van der Waals surface area contributed by atoms with E-state index in [1.807, 2.05) is 37.3 Å². The summed E-state index contributed by atoms with van der Waals surface area (Å²) in [6, 6.07) is 15.5. The van der Waals surface area contributed by atoms with Crippen LogP contribution in [0.25, 0.3) is 0 Å². The zero-order valence-corrected chi connectivity index (χ0v) is 15.8. The molecule has 1 aliphatic heterocycles. The highest BCUT2D eigenvalue weighted by Crippen LogP contribution is 2.30. The number of benzene rings is 2. The molecule has 3 rings (SSSR count). The Morgan fingerprint density at radius 1 is 1.14 bits per heavy atom. The van der Waals surface area contributed by atoms with E-state index >= 15 is 0 Å². The van der Waals surface area contributed by atoms with Crippen molar-refractivity contribution in [1.29, 1.82) is 0 Å². The second-order valence-corrected chi connectivity index (χ2v) is 6.97. The molecule has 2 aromatic carbocycles. The third kappa shape index (κ3) is 4.19. The van der Waals surface area contributed by atoms with E-state index in [-0.39, 0.29) is 24.1 Å². The van der Waals surface area contributed by atoms with Gasteiger partial charge in [0.2, 0.25) is 5.91 Å². The fraction of sp³-hybridized carbons (Fsp3) is 0.333. The molecule has 1 aliphatic rings. The number of nitro benzene ring substituents is 1. The average Bonchev–Trinajstić information content (AvgIpc) is 3.10. The number of ether oxygens (including phenoxy) is 1. The van der Waals surface area contributed by atoms with Crippen LogP contribution in [0.5, 0.6) is 0 Å². The second-order valence-electron chi connectivity index (χ2n) is 6.97. The predicted octanol–water partition coefficient (Wildman–Crippen LogP) is 3.81. The number of carbonyl (C=O) groups is 2. The highest BCUT2D eigenvalue weighted by Gasteiger charge is 2.38. The molecule has 2 aromatic rings. The summed E-state index contributed by atoms with van der Waals surface area (Å²) in [6.07, 6.45) is -0.527. The molecule has 3 atom stereocenters. The monoisotopic (exact) mass is 382 g/mol. The van der Waals surface area contributed by atoms with Crippen LogP contribution < -0.4 is 0 Å². The van der Waals surface area contributed by atoms with Gasteiger partial charge >= 0.3 is 5.97 Å². The molecule has 1 amide bonds. The van der Waals surface area contributed by atoms with Gasteiger partial charge in [-0.25, -0.2) is 0 Å². The predicted molar refractivity (Wildman–Crippen MR) is 102 cm³/mol. The Labute approximate surface area is 163 Å². The summed E-state index contributed by atoms with van der Waals surface area (Å²) in [5.74, 6) is -1.09. The van der Waals surface area contributed by atoms with Crippen LogP contribution in [0, 0.1) is 16.0 Å². The lowest BCUT2D eigenvalue weighted by atomic mass is 10.1. The van der Waals surface area contributed by atoms with Gasteiger partial charge in [-0.3, -0.25) is 19.7 Å². The van der Waals surface area contributed by atoms with Gasteiger partial charge in [0, 0.05) is 25.1 Å². The van der Waals surface area contributed by atoms with Crippen molar-refractivity contribution in [1.82, 2.24) is 4.90 Å². The highest BCUT2D eigenvalue weighted by atomic mass is 16.6. The van der Waals surface area contributed by atoms with E-state index in [0.29, 0.717) is 12.1 Å². The van der Waals surface area contributed by atoms with Crippen molar-refractivity contribution in [2.45, 2.75) is 32.4 Å². The summed E-state index contributed by atoms with van der Waals surface area (Å²) in [6.45, 7) is 3.90. The van der Waals surface area contributed by atoms with Crippen molar-refractivity contribution in [3.8, 4) is 0 Å². The maximum absolute atomic E-state index is 12.6. The summed E-state index contributed by atoms with van der Waals surface area (Å²) in [5, 5.41) is 10.9. The summed E-state index contributed by atoms with van der Waals surface area (Å²) in [5.41, 5.74) is 1.50. The molecule has 0 saturated carbocycles. The number of hydrogen-bond acceptors (Lipinski definition) is 5. The van der Waals surface area contributed by atoms with Gasteiger partial charge in [0.15, 0.2) is 0 Å². The van der Waals surface area contributed by atoms with Crippen molar-refractivity contribution >= 4 is 17.6 Å². The van der Waals surface area contributed by atoms with E-state index in [1.54, 1.807) is 24.0 Å². The number of likely N-dealkylation sites (tertiary alicyclic amines) is 1. The Bertz CT molecular complexity index is 883. The molecule has 1 saturated heterocycles. The Morgan fingerprint density at radius 3 is 2.50 bits per heavy atom. The number of esters is 1. The van der Waals surface area contributed by atoms with Crippen LogP contribution >= 0.6 is 0 Å². The van der Waals surface area contributed by atoms with Gasteiger partial charge in [-0.05, 0) is 25.0 Å². The topological polar surface area (TPSA) is 89.8 Å². The van der Waals surface area contributed by atoms with Gasteiger partial charge < -0.3 is 9.64 Å². The third-order valence-corrected chi connectivity index (χ3v) is 5.08. The SMILES string of the molecule is C[C@H](OC(=O)[C@H]1CC(=O)N([C@H](C)c2ccccc2)C1)c1cccc([N+](=O)[O-])c1. The van der Waals surface area contributed by atoms with E-state index in [1.165, 1.54) is 12.1 Å². The van der Waals surface area contributed by atoms with Crippen molar-refractivity contribution in [2.24, 2.45) is 5.92 Å². The normalized spacial score (nSPS) is 18.6. The molecule has 0 N–H and O–H groups in total. The molecule has 1 heterocycles.